The van der Waals surface area contributed by atoms with Crippen molar-refractivity contribution in [1.29, 1.82) is 0 Å². The monoisotopic (exact) mass is 337 g/mol. The minimum Gasteiger partial charge on any atom is -0.454 e. The van der Waals surface area contributed by atoms with Gasteiger partial charge in [0, 0.05) is 23.1 Å². The summed E-state index contributed by atoms with van der Waals surface area (Å²) in [4.78, 5) is 0. The van der Waals surface area contributed by atoms with Crippen LogP contribution in [0.2, 0.25) is 0 Å². The van der Waals surface area contributed by atoms with Gasteiger partial charge in [-0.25, -0.2) is 4.39 Å². The fourth-order valence-electron chi connectivity index (χ4n) is 2.14. The Morgan fingerprint density at radius 3 is 2.85 bits per heavy atom. The molecule has 0 radical (unpaired) electrons. The summed E-state index contributed by atoms with van der Waals surface area (Å²) in [5, 5.41) is 3.28. The predicted octanol–water partition coefficient (Wildman–Crippen LogP) is 3.61. The van der Waals surface area contributed by atoms with E-state index >= 15 is 0 Å². The first-order valence-electron chi connectivity index (χ1n) is 6.26. The lowest BCUT2D eigenvalue weighted by atomic mass is 10.1. The summed E-state index contributed by atoms with van der Waals surface area (Å²) in [6.07, 6.45) is 0. The number of ether oxygens (including phenoxy) is 2. The molecule has 3 rings (SSSR count). The van der Waals surface area contributed by atoms with Crippen molar-refractivity contribution in [3.8, 4) is 11.5 Å². The van der Waals surface area contributed by atoms with Crippen LogP contribution in [0.4, 0.5) is 4.39 Å². The largest absolute Gasteiger partial charge is 0.454 e. The van der Waals surface area contributed by atoms with Crippen molar-refractivity contribution in [3.05, 3.63) is 57.8 Å². The summed E-state index contributed by atoms with van der Waals surface area (Å²) in [6, 6.07) is 10.5. The summed E-state index contributed by atoms with van der Waals surface area (Å²) in [7, 11) is 0. The summed E-state index contributed by atoms with van der Waals surface area (Å²) < 4.78 is 24.9. The molecule has 0 spiro atoms. The van der Waals surface area contributed by atoms with E-state index in [1.807, 2.05) is 18.2 Å². The highest BCUT2D eigenvalue weighted by atomic mass is 79.9. The molecule has 0 saturated carbocycles. The van der Waals surface area contributed by atoms with Crippen LogP contribution < -0.4 is 14.8 Å². The predicted molar refractivity (Wildman–Crippen MR) is 77.2 cm³/mol. The van der Waals surface area contributed by atoms with Crippen molar-refractivity contribution in [2.24, 2.45) is 0 Å². The van der Waals surface area contributed by atoms with Crippen molar-refractivity contribution in [1.82, 2.24) is 5.32 Å². The molecule has 0 bridgehead atoms. The molecule has 0 unspecified atom stereocenters. The normalized spacial score (nSPS) is 12.7. The molecule has 3 nitrogen and oxygen atoms in total. The van der Waals surface area contributed by atoms with Gasteiger partial charge in [-0.15, -0.1) is 0 Å². The molecule has 1 aliphatic rings. The van der Waals surface area contributed by atoms with E-state index in [2.05, 4.69) is 21.2 Å². The minimum atomic E-state index is -0.234. The molecular weight excluding hydrogens is 325 g/mol. The maximum Gasteiger partial charge on any atom is 0.231 e. The zero-order valence-electron chi connectivity index (χ0n) is 10.7. The fourth-order valence-corrected chi connectivity index (χ4v) is 2.53. The number of para-hydroxylation sites is 1. The Balaban J connectivity index is 1.66. The third kappa shape index (κ3) is 2.78. The van der Waals surface area contributed by atoms with E-state index in [0.29, 0.717) is 13.1 Å². The van der Waals surface area contributed by atoms with Crippen LogP contribution in [0.3, 0.4) is 0 Å². The van der Waals surface area contributed by atoms with E-state index in [-0.39, 0.29) is 12.6 Å². The molecule has 1 aliphatic heterocycles. The first-order valence-corrected chi connectivity index (χ1v) is 7.05. The van der Waals surface area contributed by atoms with Gasteiger partial charge in [-0.05, 0) is 29.8 Å². The Labute approximate surface area is 124 Å². The van der Waals surface area contributed by atoms with Crippen LogP contribution in [0.1, 0.15) is 11.1 Å². The summed E-state index contributed by atoms with van der Waals surface area (Å²) in [5.41, 5.74) is 1.92. The standard InChI is InChI=1S/C15H13BrFNO2/c16-13-5-4-12(17)6-11(13)8-18-7-10-2-1-3-14-15(10)20-9-19-14/h1-6,18H,7-9H2. The number of rotatable bonds is 4. The smallest absolute Gasteiger partial charge is 0.231 e. The lowest BCUT2D eigenvalue weighted by molar-refractivity contribution is 0.173. The highest BCUT2D eigenvalue weighted by Crippen LogP contribution is 2.35. The number of fused-ring (bicyclic) bond motifs is 1. The first kappa shape index (κ1) is 13.4. The molecule has 1 N–H and O–H groups in total. The van der Waals surface area contributed by atoms with Crippen LogP contribution >= 0.6 is 15.9 Å². The molecule has 2 aromatic carbocycles. The van der Waals surface area contributed by atoms with Crippen LogP contribution in [-0.4, -0.2) is 6.79 Å². The Kier molecular flexibility index (Phi) is 3.89. The second kappa shape index (κ2) is 5.81. The maximum absolute atomic E-state index is 13.2. The minimum absolute atomic E-state index is 0.234. The van der Waals surface area contributed by atoms with Gasteiger partial charge >= 0.3 is 0 Å². The Morgan fingerprint density at radius 1 is 1.10 bits per heavy atom. The van der Waals surface area contributed by atoms with E-state index < -0.39 is 0 Å². The molecule has 0 aromatic heterocycles. The second-order valence-corrected chi connectivity index (χ2v) is 5.34. The topological polar surface area (TPSA) is 30.5 Å². The van der Waals surface area contributed by atoms with Gasteiger partial charge in [0.15, 0.2) is 11.5 Å². The highest BCUT2D eigenvalue weighted by Gasteiger charge is 2.16. The van der Waals surface area contributed by atoms with E-state index in [1.54, 1.807) is 6.07 Å². The second-order valence-electron chi connectivity index (χ2n) is 4.49. The van der Waals surface area contributed by atoms with Gasteiger partial charge in [0.1, 0.15) is 5.82 Å². The van der Waals surface area contributed by atoms with Crippen molar-refractivity contribution in [2.75, 3.05) is 6.79 Å². The maximum atomic E-state index is 13.2. The molecule has 0 fully saturated rings. The first-order chi connectivity index (χ1) is 9.74. The van der Waals surface area contributed by atoms with E-state index in [0.717, 1.165) is 27.1 Å². The van der Waals surface area contributed by atoms with Crippen molar-refractivity contribution >= 4 is 15.9 Å². The zero-order chi connectivity index (χ0) is 13.9. The van der Waals surface area contributed by atoms with Crippen molar-refractivity contribution in [2.45, 2.75) is 13.1 Å². The van der Waals surface area contributed by atoms with Crippen LogP contribution in [0.15, 0.2) is 40.9 Å². The fraction of sp³-hybridized carbons (Fsp3) is 0.200. The van der Waals surface area contributed by atoms with Gasteiger partial charge in [0.25, 0.3) is 0 Å². The van der Waals surface area contributed by atoms with E-state index in [1.165, 1.54) is 12.1 Å². The molecule has 0 atom stereocenters. The Morgan fingerprint density at radius 2 is 1.95 bits per heavy atom. The third-order valence-electron chi connectivity index (χ3n) is 3.12. The SMILES string of the molecule is Fc1ccc(Br)c(CNCc2cccc3c2OCO3)c1. The molecule has 5 heteroatoms. The van der Waals surface area contributed by atoms with Crippen LogP contribution in [0.5, 0.6) is 11.5 Å². The number of nitrogens with one attached hydrogen (secondary N) is 1. The van der Waals surface area contributed by atoms with Crippen molar-refractivity contribution < 1.29 is 13.9 Å². The molecule has 104 valence electrons. The lowest BCUT2D eigenvalue weighted by Crippen LogP contribution is -2.13. The number of hydrogen-bond donors (Lipinski definition) is 1. The lowest BCUT2D eigenvalue weighted by Gasteiger charge is -2.09. The molecule has 0 amide bonds. The van der Waals surface area contributed by atoms with Crippen molar-refractivity contribution in [3.63, 3.8) is 0 Å². The van der Waals surface area contributed by atoms with E-state index in [9.17, 15) is 4.39 Å². The molecular formula is C15H13BrFNO2. The average molecular weight is 338 g/mol. The molecule has 1 heterocycles. The Hall–Kier alpha value is -1.59. The van der Waals surface area contributed by atoms with Crippen LogP contribution in [0, 0.1) is 5.82 Å². The molecule has 2 aromatic rings. The number of halogens is 2. The summed E-state index contributed by atoms with van der Waals surface area (Å²) in [5.74, 6) is 1.33. The van der Waals surface area contributed by atoms with Crippen LogP contribution in [-0.2, 0) is 13.1 Å². The average Bonchev–Trinajstić information content (AvgIpc) is 2.92. The van der Waals surface area contributed by atoms with Gasteiger partial charge in [-0.1, -0.05) is 28.1 Å². The van der Waals surface area contributed by atoms with Gasteiger partial charge in [-0.2, -0.15) is 0 Å². The van der Waals surface area contributed by atoms with Crippen LogP contribution in [0.25, 0.3) is 0 Å². The molecule has 20 heavy (non-hydrogen) atoms. The molecule has 0 aliphatic carbocycles. The van der Waals surface area contributed by atoms with E-state index in [4.69, 9.17) is 9.47 Å². The van der Waals surface area contributed by atoms with Gasteiger partial charge in [0.2, 0.25) is 6.79 Å². The highest BCUT2D eigenvalue weighted by molar-refractivity contribution is 9.10. The zero-order valence-corrected chi connectivity index (χ0v) is 12.2. The quantitative estimate of drug-likeness (QED) is 0.924. The van der Waals surface area contributed by atoms with Gasteiger partial charge < -0.3 is 14.8 Å². The van der Waals surface area contributed by atoms with Gasteiger partial charge in [0.05, 0.1) is 0 Å². The third-order valence-corrected chi connectivity index (χ3v) is 3.89. The summed E-state index contributed by atoms with van der Waals surface area (Å²) in [6.45, 7) is 1.47. The Bertz CT molecular complexity index is 633. The van der Waals surface area contributed by atoms with Gasteiger partial charge in [-0.3, -0.25) is 0 Å². The number of benzene rings is 2. The summed E-state index contributed by atoms with van der Waals surface area (Å²) >= 11 is 3.42. The molecule has 0 saturated heterocycles. The number of hydrogen-bond acceptors (Lipinski definition) is 3.